The molecule has 0 aromatic heterocycles. The van der Waals surface area contributed by atoms with Gasteiger partial charge in [-0.1, -0.05) is 74.4 Å². The van der Waals surface area contributed by atoms with Crippen molar-refractivity contribution in [3.63, 3.8) is 0 Å². The molecule has 1 aromatic carbocycles. The van der Waals surface area contributed by atoms with Crippen molar-refractivity contribution in [1.82, 2.24) is 0 Å². The van der Waals surface area contributed by atoms with Crippen LogP contribution in [0.3, 0.4) is 0 Å². The Bertz CT molecular complexity index is 295. The summed E-state index contributed by atoms with van der Waals surface area (Å²) in [7, 11) is 0. The minimum atomic E-state index is 0.643. The third kappa shape index (κ3) is 8.08. The molecule has 0 spiro atoms. The highest BCUT2D eigenvalue weighted by atomic mass is 14.1. The largest absolute Gasteiger partial charge is 0.0683 e. The molecule has 0 radical (unpaired) electrons. The summed E-state index contributed by atoms with van der Waals surface area (Å²) in [6.07, 6.45) is 1.14. The minimum Gasteiger partial charge on any atom is -0.0683 e. The van der Waals surface area contributed by atoms with E-state index in [0.717, 1.165) is 6.42 Å². The predicted molar refractivity (Wildman–Crippen MR) is 93.4 cm³/mol. The summed E-state index contributed by atoms with van der Waals surface area (Å²) < 4.78 is 0. The third-order valence-electron chi connectivity index (χ3n) is 2.94. The summed E-state index contributed by atoms with van der Waals surface area (Å²) in [5.41, 5.74) is 5.94. The van der Waals surface area contributed by atoms with Gasteiger partial charge in [-0.25, -0.2) is 0 Å². The molecule has 0 bridgehead atoms. The molecule has 0 fully saturated rings. The van der Waals surface area contributed by atoms with E-state index in [-0.39, 0.29) is 0 Å². The SMILES string of the molecule is CC.CC.CC.CCc1ccc(C(C)C)c(C)c1C. The number of rotatable bonds is 2. The van der Waals surface area contributed by atoms with Crippen molar-refractivity contribution in [3.05, 3.63) is 34.4 Å². The van der Waals surface area contributed by atoms with Crippen molar-refractivity contribution in [2.45, 2.75) is 88.5 Å². The molecule has 0 saturated carbocycles. The maximum Gasteiger partial charge on any atom is -0.0216 e. The van der Waals surface area contributed by atoms with Gasteiger partial charge in [0.15, 0.2) is 0 Å². The number of hydrogen-bond acceptors (Lipinski definition) is 0. The van der Waals surface area contributed by atoms with E-state index in [4.69, 9.17) is 0 Å². The number of hydrogen-bond donors (Lipinski definition) is 0. The topological polar surface area (TPSA) is 0 Å². The zero-order chi connectivity index (χ0) is 16.0. The first-order chi connectivity index (χ1) is 9.07. The normalized spacial score (nSPS) is 8.42. The zero-order valence-corrected chi connectivity index (χ0v) is 15.4. The first-order valence-corrected chi connectivity index (χ1v) is 8.16. The van der Waals surface area contributed by atoms with Crippen LogP contribution in [0.4, 0.5) is 0 Å². The average Bonchev–Trinajstić information content (AvgIpc) is 2.48. The monoisotopic (exact) mass is 266 g/mol. The average molecular weight is 267 g/mol. The van der Waals surface area contributed by atoms with Gasteiger partial charge in [0.05, 0.1) is 0 Å². The molecule has 0 nitrogen and oxygen atoms in total. The maximum atomic E-state index is 2.28. The molecule has 19 heavy (non-hydrogen) atoms. The Hall–Kier alpha value is -0.780. The predicted octanol–water partition coefficient (Wildman–Crippen LogP) is 7.07. The van der Waals surface area contributed by atoms with E-state index in [9.17, 15) is 0 Å². The second-order valence-corrected chi connectivity index (χ2v) is 4.07. The molecule has 0 aliphatic rings. The van der Waals surface area contributed by atoms with Crippen molar-refractivity contribution in [3.8, 4) is 0 Å². The summed E-state index contributed by atoms with van der Waals surface area (Å²) in [4.78, 5) is 0. The van der Waals surface area contributed by atoms with Gasteiger partial charge in [-0.2, -0.15) is 0 Å². The number of benzene rings is 1. The third-order valence-corrected chi connectivity index (χ3v) is 2.94. The Balaban J connectivity index is -0.000000375. The van der Waals surface area contributed by atoms with E-state index in [1.807, 2.05) is 41.5 Å². The molecule has 0 aliphatic heterocycles. The molecule has 0 heteroatoms. The molecular weight excluding hydrogens is 228 g/mol. The van der Waals surface area contributed by atoms with Crippen LogP contribution in [-0.4, -0.2) is 0 Å². The molecule has 0 N–H and O–H groups in total. The molecule has 0 unspecified atom stereocenters. The van der Waals surface area contributed by atoms with E-state index in [1.54, 1.807) is 0 Å². The van der Waals surface area contributed by atoms with Crippen LogP contribution in [0.1, 0.15) is 90.5 Å². The van der Waals surface area contributed by atoms with Gasteiger partial charge in [0.1, 0.15) is 0 Å². The van der Waals surface area contributed by atoms with Crippen molar-refractivity contribution < 1.29 is 0 Å². The van der Waals surface area contributed by atoms with Gasteiger partial charge in [0, 0.05) is 0 Å². The number of aryl methyl sites for hydroxylation is 1. The van der Waals surface area contributed by atoms with Crippen LogP contribution in [-0.2, 0) is 6.42 Å². The van der Waals surface area contributed by atoms with Crippen LogP contribution in [0, 0.1) is 13.8 Å². The molecule has 114 valence electrons. The van der Waals surface area contributed by atoms with E-state index in [0.29, 0.717) is 5.92 Å². The van der Waals surface area contributed by atoms with Crippen molar-refractivity contribution in [2.75, 3.05) is 0 Å². The summed E-state index contributed by atoms with van der Waals surface area (Å²) >= 11 is 0. The van der Waals surface area contributed by atoms with Crippen LogP contribution in [0.2, 0.25) is 0 Å². The smallest absolute Gasteiger partial charge is 0.0216 e. The summed E-state index contributed by atoms with van der Waals surface area (Å²) in [5, 5.41) is 0. The molecule has 0 atom stereocenters. The molecule has 0 amide bonds. The van der Waals surface area contributed by atoms with Crippen LogP contribution in [0.5, 0.6) is 0 Å². The molecule has 1 rings (SSSR count). The first kappa shape index (κ1) is 23.3. The highest BCUT2D eigenvalue weighted by molar-refractivity contribution is 5.40. The zero-order valence-electron chi connectivity index (χ0n) is 15.4. The second-order valence-electron chi connectivity index (χ2n) is 4.07. The lowest BCUT2D eigenvalue weighted by Crippen LogP contribution is -1.98. The first-order valence-electron chi connectivity index (χ1n) is 8.16. The van der Waals surface area contributed by atoms with Gasteiger partial charge in [-0.05, 0) is 48.4 Å². The Kier molecular flexibility index (Phi) is 18.8. The van der Waals surface area contributed by atoms with Gasteiger partial charge >= 0.3 is 0 Å². The fourth-order valence-corrected chi connectivity index (χ4v) is 1.91. The van der Waals surface area contributed by atoms with E-state index in [1.165, 1.54) is 22.3 Å². The Morgan fingerprint density at radius 1 is 0.789 bits per heavy atom. The van der Waals surface area contributed by atoms with Crippen molar-refractivity contribution in [1.29, 1.82) is 0 Å². The maximum absolute atomic E-state index is 2.28. The fraction of sp³-hybridized carbons (Fsp3) is 0.684. The molecule has 0 saturated heterocycles. The molecule has 0 aliphatic carbocycles. The highest BCUT2D eigenvalue weighted by Crippen LogP contribution is 2.24. The summed E-state index contributed by atoms with van der Waals surface area (Å²) in [6.45, 7) is 23.2. The Labute approximate surface area is 123 Å². The van der Waals surface area contributed by atoms with Gasteiger partial charge in [-0.3, -0.25) is 0 Å². The van der Waals surface area contributed by atoms with Gasteiger partial charge in [-0.15, -0.1) is 0 Å². The quantitative estimate of drug-likeness (QED) is 0.537. The molecular formula is C19H38. The van der Waals surface area contributed by atoms with Crippen molar-refractivity contribution >= 4 is 0 Å². The van der Waals surface area contributed by atoms with E-state index < -0.39 is 0 Å². The van der Waals surface area contributed by atoms with Crippen LogP contribution in [0.15, 0.2) is 12.1 Å². The van der Waals surface area contributed by atoms with Crippen molar-refractivity contribution in [2.24, 2.45) is 0 Å². The lowest BCUT2D eigenvalue weighted by Gasteiger charge is -2.14. The Morgan fingerprint density at radius 2 is 1.21 bits per heavy atom. The standard InChI is InChI=1S/C13H20.3C2H6/c1-6-12-7-8-13(9(2)3)11(5)10(12)4;3*1-2/h7-9H,6H2,1-5H3;3*1-2H3. The van der Waals surface area contributed by atoms with Crippen LogP contribution < -0.4 is 0 Å². The van der Waals surface area contributed by atoms with Crippen LogP contribution >= 0.6 is 0 Å². The van der Waals surface area contributed by atoms with Gasteiger partial charge in [0.2, 0.25) is 0 Å². The van der Waals surface area contributed by atoms with Gasteiger partial charge in [0.25, 0.3) is 0 Å². The fourth-order valence-electron chi connectivity index (χ4n) is 1.91. The lowest BCUT2D eigenvalue weighted by atomic mass is 9.91. The molecule has 1 aromatic rings. The highest BCUT2D eigenvalue weighted by Gasteiger charge is 2.07. The van der Waals surface area contributed by atoms with Crippen LogP contribution in [0.25, 0.3) is 0 Å². The minimum absolute atomic E-state index is 0.643. The lowest BCUT2D eigenvalue weighted by molar-refractivity contribution is 0.850. The van der Waals surface area contributed by atoms with Gasteiger partial charge < -0.3 is 0 Å². The Morgan fingerprint density at radius 3 is 1.53 bits per heavy atom. The summed E-state index contributed by atoms with van der Waals surface area (Å²) in [5.74, 6) is 0.643. The van der Waals surface area contributed by atoms with E-state index in [2.05, 4.69) is 46.8 Å². The molecule has 0 heterocycles. The second kappa shape index (κ2) is 15.3. The summed E-state index contributed by atoms with van der Waals surface area (Å²) in [6, 6.07) is 4.56. The van der Waals surface area contributed by atoms with E-state index >= 15 is 0 Å².